The molecule has 0 saturated heterocycles. The van der Waals surface area contributed by atoms with Gasteiger partial charge in [-0.2, -0.15) is 0 Å². The molecular weight excluding hydrogens is 475 g/mol. The highest BCUT2D eigenvalue weighted by molar-refractivity contribution is 6.33. The summed E-state index contributed by atoms with van der Waals surface area (Å²) < 4.78 is 7.78. The van der Waals surface area contributed by atoms with E-state index >= 15 is 0 Å². The van der Waals surface area contributed by atoms with Gasteiger partial charge in [-0.05, 0) is 48.9 Å². The Balaban J connectivity index is 1.46. The number of nitrogens with zero attached hydrogens (tertiary/aromatic N) is 1. The zero-order valence-electron chi connectivity index (χ0n) is 17.7. The van der Waals surface area contributed by atoms with E-state index in [1.165, 1.54) is 16.8 Å². The predicted octanol–water partition coefficient (Wildman–Crippen LogP) is 5.58. The lowest BCUT2D eigenvalue weighted by Gasteiger charge is -2.10. The Morgan fingerprint density at radius 2 is 1.38 bits per heavy atom. The number of nitrogens with one attached hydrogen (secondary N) is 3. The minimum absolute atomic E-state index is 0.367. The van der Waals surface area contributed by atoms with Crippen LogP contribution in [0.4, 0.5) is 0 Å². The Labute approximate surface area is 201 Å². The number of fused-ring (bicyclic) bond motifs is 6. The Morgan fingerprint density at radius 1 is 0.765 bits per heavy atom. The number of aryl methyl sites for hydroxylation is 1. The first-order valence-electron chi connectivity index (χ1n) is 10.8. The van der Waals surface area contributed by atoms with Crippen LogP contribution in [0.25, 0.3) is 43.6 Å². The summed E-state index contributed by atoms with van der Waals surface area (Å²) in [6, 6.07) is 14.9. The highest BCUT2D eigenvalue weighted by Gasteiger charge is 2.18. The average molecular weight is 493 g/mol. The molecule has 170 valence electrons. The zero-order chi connectivity index (χ0) is 23.4. The Kier molecular flexibility index (Phi) is 4.90. The summed E-state index contributed by atoms with van der Waals surface area (Å²) in [5.74, 6) is 0.695. The van der Waals surface area contributed by atoms with Gasteiger partial charge in [-0.25, -0.2) is 4.79 Å². The van der Waals surface area contributed by atoms with E-state index in [0.29, 0.717) is 35.4 Å². The normalized spacial score (nSPS) is 11.8. The lowest BCUT2D eigenvalue weighted by atomic mass is 10.1. The van der Waals surface area contributed by atoms with Crippen LogP contribution in [-0.4, -0.2) is 26.1 Å². The Bertz CT molecular complexity index is 1750. The summed E-state index contributed by atoms with van der Waals surface area (Å²) in [6.45, 7) is 0.783. The molecule has 0 atom stereocenters. The van der Waals surface area contributed by atoms with Crippen molar-refractivity contribution in [3.8, 4) is 5.75 Å². The number of aromatic amines is 3. The van der Waals surface area contributed by atoms with E-state index in [1.807, 2.05) is 36.4 Å². The topological polar surface area (TPSA) is 95.7 Å². The lowest BCUT2D eigenvalue weighted by Crippen LogP contribution is -2.29. The van der Waals surface area contributed by atoms with Crippen LogP contribution in [0.15, 0.2) is 64.3 Å². The third-order valence-corrected chi connectivity index (χ3v) is 6.50. The van der Waals surface area contributed by atoms with Gasteiger partial charge >= 0.3 is 5.69 Å². The van der Waals surface area contributed by atoms with Crippen molar-refractivity contribution in [2.24, 2.45) is 0 Å². The highest BCUT2D eigenvalue weighted by Crippen LogP contribution is 2.41. The van der Waals surface area contributed by atoms with Gasteiger partial charge in [-0.15, -0.1) is 0 Å². The zero-order valence-corrected chi connectivity index (χ0v) is 19.3. The molecule has 3 N–H and O–H groups in total. The highest BCUT2D eigenvalue weighted by atomic mass is 35.5. The molecule has 3 aromatic heterocycles. The molecule has 0 unspecified atom stereocenters. The largest absolute Gasteiger partial charge is 0.489 e. The molecule has 0 fully saturated rings. The monoisotopic (exact) mass is 492 g/mol. The minimum atomic E-state index is -0.433. The molecule has 0 aliphatic heterocycles. The van der Waals surface area contributed by atoms with Crippen LogP contribution in [0, 0.1) is 0 Å². The van der Waals surface area contributed by atoms with Gasteiger partial charge in [-0.3, -0.25) is 9.78 Å². The maximum absolute atomic E-state index is 11.9. The molecule has 0 aliphatic rings. The third kappa shape index (κ3) is 3.45. The van der Waals surface area contributed by atoms with Gasteiger partial charge in [0.25, 0.3) is 5.56 Å². The Hall–Kier alpha value is -3.68. The molecule has 0 spiro atoms. The second-order valence-corrected chi connectivity index (χ2v) is 9.06. The van der Waals surface area contributed by atoms with Crippen LogP contribution < -0.4 is 16.0 Å². The minimum Gasteiger partial charge on any atom is -0.489 e. The van der Waals surface area contributed by atoms with E-state index in [-0.39, 0.29) is 0 Å². The van der Waals surface area contributed by atoms with Crippen LogP contribution >= 0.6 is 23.2 Å². The number of ether oxygens (including phenoxy) is 1. The van der Waals surface area contributed by atoms with Crippen molar-refractivity contribution in [2.45, 2.75) is 13.0 Å². The van der Waals surface area contributed by atoms with Crippen LogP contribution in [0.3, 0.4) is 0 Å². The summed E-state index contributed by atoms with van der Waals surface area (Å²) in [5.41, 5.74) is 2.80. The summed E-state index contributed by atoms with van der Waals surface area (Å²) in [5, 5.41) is 5.32. The van der Waals surface area contributed by atoms with Crippen molar-refractivity contribution in [3.05, 3.63) is 85.6 Å². The van der Waals surface area contributed by atoms with Crippen molar-refractivity contribution in [2.75, 3.05) is 6.61 Å². The maximum Gasteiger partial charge on any atom is 0.328 e. The molecule has 6 rings (SSSR count). The van der Waals surface area contributed by atoms with Gasteiger partial charge in [0, 0.05) is 61.4 Å². The number of hydrogen-bond donors (Lipinski definition) is 3. The molecule has 0 saturated carbocycles. The number of aromatic nitrogens is 4. The van der Waals surface area contributed by atoms with Gasteiger partial charge in [0.1, 0.15) is 0 Å². The van der Waals surface area contributed by atoms with Crippen LogP contribution in [0.1, 0.15) is 6.42 Å². The number of hydrogen-bond acceptors (Lipinski definition) is 3. The van der Waals surface area contributed by atoms with Crippen molar-refractivity contribution >= 4 is 66.8 Å². The van der Waals surface area contributed by atoms with E-state index in [2.05, 4.69) is 21.0 Å². The molecule has 0 bridgehead atoms. The molecule has 0 aliphatic carbocycles. The number of H-pyrrole nitrogens is 3. The second-order valence-electron chi connectivity index (χ2n) is 8.19. The molecule has 9 heteroatoms. The number of rotatable bonds is 5. The predicted molar refractivity (Wildman–Crippen MR) is 137 cm³/mol. The average Bonchev–Trinajstić information content (AvgIpc) is 3.35. The number of halogens is 2. The van der Waals surface area contributed by atoms with Crippen LogP contribution in [0.5, 0.6) is 5.75 Å². The smallest absolute Gasteiger partial charge is 0.328 e. The van der Waals surface area contributed by atoms with Crippen LogP contribution in [0.2, 0.25) is 10.0 Å². The van der Waals surface area contributed by atoms with Gasteiger partial charge in [0.15, 0.2) is 5.75 Å². The fourth-order valence-electron chi connectivity index (χ4n) is 4.47. The van der Waals surface area contributed by atoms with E-state index in [1.54, 1.807) is 0 Å². The first-order valence-corrected chi connectivity index (χ1v) is 11.5. The maximum atomic E-state index is 11.9. The molecular formula is C25H18Cl2N4O3. The third-order valence-electron chi connectivity index (χ3n) is 6.03. The van der Waals surface area contributed by atoms with Crippen molar-refractivity contribution in [1.82, 2.24) is 19.5 Å². The summed E-state index contributed by atoms with van der Waals surface area (Å²) in [6.07, 6.45) is 2.06. The summed E-state index contributed by atoms with van der Waals surface area (Å²) >= 11 is 12.6. The first kappa shape index (κ1) is 20.9. The molecule has 0 radical (unpaired) electrons. The fourth-order valence-corrected chi connectivity index (χ4v) is 4.82. The summed E-state index contributed by atoms with van der Waals surface area (Å²) in [7, 11) is 0. The quantitative estimate of drug-likeness (QED) is 0.274. The molecule has 0 amide bonds. The lowest BCUT2D eigenvalue weighted by molar-refractivity contribution is 0.306. The first-order chi connectivity index (χ1) is 16.5. The van der Waals surface area contributed by atoms with E-state index in [0.717, 1.165) is 43.6 Å². The van der Waals surface area contributed by atoms with Crippen molar-refractivity contribution < 1.29 is 4.74 Å². The van der Waals surface area contributed by atoms with Gasteiger partial charge in [0.05, 0.1) is 17.6 Å². The van der Waals surface area contributed by atoms with Crippen molar-refractivity contribution in [1.29, 1.82) is 0 Å². The van der Waals surface area contributed by atoms with E-state index in [9.17, 15) is 9.59 Å². The van der Waals surface area contributed by atoms with E-state index < -0.39 is 11.2 Å². The van der Waals surface area contributed by atoms with Crippen LogP contribution in [-0.2, 0) is 6.54 Å². The molecule has 3 aromatic carbocycles. The standard InChI is InChI=1S/C25H18Cl2N4O3/c26-13-2-4-19-15(10-13)17-12-18-16-11-14(27)3-5-20(16)29-23(18)24(22(17)28-19)34-9-1-7-31-8-6-21(32)30-25(31)33/h2-6,8,10-12,28-29H,1,7,9H2,(H,30,32,33). The molecule has 3 heterocycles. The van der Waals surface area contributed by atoms with Gasteiger partial charge < -0.3 is 19.3 Å². The Morgan fingerprint density at radius 3 is 1.97 bits per heavy atom. The molecule has 34 heavy (non-hydrogen) atoms. The second kappa shape index (κ2) is 7.97. The van der Waals surface area contributed by atoms with Gasteiger partial charge in [0.2, 0.25) is 0 Å². The van der Waals surface area contributed by atoms with Crippen molar-refractivity contribution in [3.63, 3.8) is 0 Å². The fraction of sp³-hybridized carbons (Fsp3) is 0.120. The summed E-state index contributed by atoms with van der Waals surface area (Å²) in [4.78, 5) is 32.4. The van der Waals surface area contributed by atoms with Gasteiger partial charge in [-0.1, -0.05) is 23.2 Å². The molecule has 7 nitrogen and oxygen atoms in total. The number of benzene rings is 3. The molecule has 6 aromatic rings. The SMILES string of the molecule is O=c1ccn(CCCOc2c3[nH]c4ccc(Cl)cc4c3cc3c2[nH]c2ccc(Cl)cc23)c(=O)[nH]1. The van der Waals surface area contributed by atoms with E-state index in [4.69, 9.17) is 27.9 Å².